The highest BCUT2D eigenvalue weighted by Crippen LogP contribution is 2.64. The van der Waals surface area contributed by atoms with Gasteiger partial charge in [-0.2, -0.15) is 9.29 Å². The molecule has 1 aromatic carbocycles. The zero-order valence-corrected chi connectivity index (χ0v) is 18.0. The van der Waals surface area contributed by atoms with Gasteiger partial charge in [-0.3, -0.25) is 4.98 Å². The number of halogens is 1. The summed E-state index contributed by atoms with van der Waals surface area (Å²) in [7, 11) is -3.56. The quantitative estimate of drug-likeness (QED) is 0.603. The number of rotatable bonds is 4. The van der Waals surface area contributed by atoms with Gasteiger partial charge in [-0.25, -0.2) is 8.42 Å². The van der Waals surface area contributed by atoms with Gasteiger partial charge in [0.15, 0.2) is 0 Å². The Balaban J connectivity index is 1.29. The maximum absolute atomic E-state index is 13.1. The van der Waals surface area contributed by atoms with E-state index in [1.54, 1.807) is 41.8 Å². The third-order valence-corrected chi connectivity index (χ3v) is 8.86. The molecule has 5 rings (SSSR count). The van der Waals surface area contributed by atoms with E-state index in [-0.39, 0.29) is 16.2 Å². The number of hydrogen-bond donors (Lipinski definition) is 0. The fourth-order valence-electron chi connectivity index (χ4n) is 4.42. The summed E-state index contributed by atoms with van der Waals surface area (Å²) in [5, 5.41) is 4.56. The molecule has 156 valence electrons. The van der Waals surface area contributed by atoms with Crippen molar-refractivity contribution in [1.29, 1.82) is 0 Å². The summed E-state index contributed by atoms with van der Waals surface area (Å²) in [5.74, 6) is 1.36. The summed E-state index contributed by atoms with van der Waals surface area (Å²) in [6, 6.07) is 8.74. The van der Waals surface area contributed by atoms with Gasteiger partial charge in [0.25, 0.3) is 0 Å². The Kier molecular flexibility index (Phi) is 4.68. The van der Waals surface area contributed by atoms with Gasteiger partial charge in [0.05, 0.1) is 4.90 Å². The normalized spacial score (nSPS) is 21.1. The van der Waals surface area contributed by atoms with Crippen LogP contribution in [0, 0.1) is 12.3 Å². The smallest absolute Gasteiger partial charge is 0.243 e. The summed E-state index contributed by atoms with van der Waals surface area (Å²) in [5.41, 5.74) is 1.46. The van der Waals surface area contributed by atoms with Gasteiger partial charge in [-0.15, -0.1) is 0 Å². The van der Waals surface area contributed by atoms with Gasteiger partial charge < -0.3 is 4.52 Å². The lowest BCUT2D eigenvalue weighted by Gasteiger charge is -2.32. The number of benzene rings is 1. The Bertz CT molecular complexity index is 1190. The molecule has 30 heavy (non-hydrogen) atoms. The number of aromatic nitrogens is 3. The zero-order valence-electron chi connectivity index (χ0n) is 16.5. The van der Waals surface area contributed by atoms with Crippen molar-refractivity contribution in [2.75, 3.05) is 13.1 Å². The van der Waals surface area contributed by atoms with Crippen LogP contribution in [0.4, 0.5) is 0 Å². The zero-order chi connectivity index (χ0) is 20.9. The molecule has 0 bridgehead atoms. The summed E-state index contributed by atoms with van der Waals surface area (Å²) in [4.78, 5) is 8.94. The third kappa shape index (κ3) is 3.23. The van der Waals surface area contributed by atoms with Crippen LogP contribution in [0.3, 0.4) is 0 Å². The van der Waals surface area contributed by atoms with E-state index in [1.807, 2.05) is 12.1 Å². The summed E-state index contributed by atoms with van der Waals surface area (Å²) < 4.78 is 33.3. The first-order valence-electron chi connectivity index (χ1n) is 9.90. The van der Waals surface area contributed by atoms with Gasteiger partial charge >= 0.3 is 0 Å². The van der Waals surface area contributed by atoms with Crippen LogP contribution in [-0.4, -0.2) is 40.9 Å². The van der Waals surface area contributed by atoms with E-state index in [2.05, 4.69) is 15.1 Å². The predicted octanol–water partition coefficient (Wildman–Crippen LogP) is 4.05. The molecule has 0 radical (unpaired) electrons. The molecule has 1 unspecified atom stereocenters. The monoisotopic (exact) mass is 444 g/mol. The highest BCUT2D eigenvalue weighted by Gasteiger charge is 2.59. The van der Waals surface area contributed by atoms with E-state index >= 15 is 0 Å². The van der Waals surface area contributed by atoms with Crippen molar-refractivity contribution in [3.63, 3.8) is 0 Å². The van der Waals surface area contributed by atoms with Gasteiger partial charge in [-0.1, -0.05) is 22.8 Å². The largest absolute Gasteiger partial charge is 0.339 e. The van der Waals surface area contributed by atoms with Crippen molar-refractivity contribution in [3.05, 3.63) is 59.2 Å². The van der Waals surface area contributed by atoms with Crippen LogP contribution >= 0.6 is 11.6 Å². The van der Waals surface area contributed by atoms with Crippen molar-refractivity contribution in [2.45, 2.75) is 37.0 Å². The van der Waals surface area contributed by atoms with Gasteiger partial charge in [0, 0.05) is 42.0 Å². The van der Waals surface area contributed by atoms with Crippen molar-refractivity contribution >= 4 is 21.6 Å². The molecule has 1 aliphatic heterocycles. The maximum atomic E-state index is 13.1. The first kappa shape index (κ1) is 19.7. The van der Waals surface area contributed by atoms with Crippen molar-refractivity contribution in [2.24, 2.45) is 5.41 Å². The first-order chi connectivity index (χ1) is 14.4. The minimum atomic E-state index is -3.56. The fourth-order valence-corrected chi connectivity index (χ4v) is 6.34. The van der Waals surface area contributed by atoms with Crippen molar-refractivity contribution in [1.82, 2.24) is 19.4 Å². The maximum Gasteiger partial charge on any atom is 0.243 e. The number of nitrogens with zero attached hydrogens (tertiary/aromatic N) is 4. The van der Waals surface area contributed by atoms with Crippen LogP contribution < -0.4 is 0 Å². The number of pyridine rings is 1. The summed E-state index contributed by atoms with van der Waals surface area (Å²) >= 11 is 6.14. The average Bonchev–Trinajstić information content (AvgIpc) is 3.22. The Labute approximate surface area is 180 Å². The molecule has 7 nitrogen and oxygen atoms in total. The Hall–Kier alpha value is -2.29. The highest BCUT2D eigenvalue weighted by molar-refractivity contribution is 7.89. The Morgan fingerprint density at radius 1 is 1.20 bits per heavy atom. The van der Waals surface area contributed by atoms with E-state index in [9.17, 15) is 8.42 Å². The minimum Gasteiger partial charge on any atom is -0.339 e. The minimum absolute atomic E-state index is 0.0497. The molecule has 2 aliphatic rings. The topological polar surface area (TPSA) is 89.2 Å². The number of hydrogen-bond acceptors (Lipinski definition) is 6. The molecular weight excluding hydrogens is 424 g/mol. The van der Waals surface area contributed by atoms with Gasteiger partial charge in [0.2, 0.25) is 21.7 Å². The van der Waals surface area contributed by atoms with E-state index in [1.165, 1.54) is 0 Å². The molecule has 2 aromatic heterocycles. The fraction of sp³-hybridized carbons (Fsp3) is 0.381. The lowest BCUT2D eigenvalue weighted by atomic mass is 9.92. The first-order valence-corrected chi connectivity index (χ1v) is 11.7. The molecule has 0 amide bonds. The van der Waals surface area contributed by atoms with E-state index in [0.29, 0.717) is 35.4 Å². The van der Waals surface area contributed by atoms with Crippen LogP contribution in [0.5, 0.6) is 0 Å². The SMILES string of the molecule is Cc1c(Cl)cccc1S(=O)(=O)N1CCC2(CC1)CC2c1nc(-c2cccnc2)no1. The molecule has 1 spiro atoms. The summed E-state index contributed by atoms with van der Waals surface area (Å²) in [6.45, 7) is 2.70. The van der Waals surface area contributed by atoms with E-state index < -0.39 is 10.0 Å². The number of sulfonamides is 1. The lowest BCUT2D eigenvalue weighted by molar-refractivity contribution is 0.242. The van der Waals surface area contributed by atoms with Crippen LogP contribution in [0.15, 0.2) is 52.1 Å². The molecule has 1 saturated carbocycles. The Morgan fingerprint density at radius 3 is 2.73 bits per heavy atom. The van der Waals surface area contributed by atoms with Crippen LogP contribution in [0.25, 0.3) is 11.4 Å². The van der Waals surface area contributed by atoms with E-state index in [0.717, 1.165) is 24.8 Å². The Morgan fingerprint density at radius 2 is 2.00 bits per heavy atom. The molecule has 3 aromatic rings. The molecule has 1 saturated heterocycles. The van der Waals surface area contributed by atoms with Crippen LogP contribution in [0.1, 0.15) is 36.6 Å². The second-order valence-corrected chi connectivity index (χ2v) is 10.4. The molecule has 9 heteroatoms. The molecule has 1 aliphatic carbocycles. The molecule has 2 fully saturated rings. The molecule has 3 heterocycles. The molecule has 1 atom stereocenters. The van der Waals surface area contributed by atoms with Crippen LogP contribution in [0.2, 0.25) is 5.02 Å². The molecular formula is C21H21ClN4O3S. The third-order valence-electron chi connectivity index (χ3n) is 6.40. The predicted molar refractivity (Wildman–Crippen MR) is 112 cm³/mol. The second kappa shape index (κ2) is 7.14. The van der Waals surface area contributed by atoms with Crippen molar-refractivity contribution in [3.8, 4) is 11.4 Å². The van der Waals surface area contributed by atoms with Crippen molar-refractivity contribution < 1.29 is 12.9 Å². The lowest BCUT2D eigenvalue weighted by Crippen LogP contribution is -2.39. The standard InChI is InChI=1S/C21H21ClN4O3S/c1-14-17(22)5-2-6-18(14)30(27,28)26-10-7-21(8-11-26)12-16(21)20-24-19(25-29-20)15-4-3-9-23-13-15/h2-6,9,13,16H,7-8,10-12H2,1H3. The average molecular weight is 445 g/mol. The second-order valence-electron chi connectivity index (χ2n) is 8.08. The highest BCUT2D eigenvalue weighted by atomic mass is 35.5. The van der Waals surface area contributed by atoms with Gasteiger partial charge in [-0.05, 0) is 61.4 Å². The molecule has 0 N–H and O–H groups in total. The van der Waals surface area contributed by atoms with Gasteiger partial charge in [0.1, 0.15) is 0 Å². The summed E-state index contributed by atoms with van der Waals surface area (Å²) in [6.07, 6.45) is 5.92. The van der Waals surface area contributed by atoms with E-state index in [4.69, 9.17) is 16.1 Å². The number of piperidine rings is 1. The van der Waals surface area contributed by atoms with Crippen LogP contribution in [-0.2, 0) is 10.0 Å².